The molecule has 0 spiro atoms. The van der Waals surface area contributed by atoms with Gasteiger partial charge in [-0.25, -0.2) is 4.39 Å². The standard InChI is InChI=1S/C6H13FNOP/c1-4(2)6(9)8-3-5(7)10/h4-5H,3,10H2,1-2H3,(H,8,9). The molecule has 0 aliphatic rings. The summed E-state index contributed by atoms with van der Waals surface area (Å²) in [5.41, 5.74) is 0. The van der Waals surface area contributed by atoms with Gasteiger partial charge < -0.3 is 5.32 Å². The largest absolute Gasteiger partial charge is 0.353 e. The molecule has 0 saturated carbocycles. The fraction of sp³-hybridized carbons (Fsp3) is 0.833. The summed E-state index contributed by atoms with van der Waals surface area (Å²) in [5, 5.41) is 2.45. The van der Waals surface area contributed by atoms with Gasteiger partial charge in [0, 0.05) is 5.92 Å². The zero-order valence-electron chi connectivity index (χ0n) is 6.23. The number of nitrogens with one attached hydrogen (secondary N) is 1. The van der Waals surface area contributed by atoms with Gasteiger partial charge in [-0.3, -0.25) is 4.79 Å². The highest BCUT2D eigenvalue weighted by Gasteiger charge is 2.06. The Balaban J connectivity index is 3.40. The van der Waals surface area contributed by atoms with Crippen molar-refractivity contribution < 1.29 is 9.18 Å². The van der Waals surface area contributed by atoms with Gasteiger partial charge in [0.25, 0.3) is 0 Å². The molecule has 0 rings (SSSR count). The highest BCUT2D eigenvalue weighted by atomic mass is 31.0. The van der Waals surface area contributed by atoms with Gasteiger partial charge in [-0.1, -0.05) is 23.1 Å². The van der Waals surface area contributed by atoms with Gasteiger partial charge in [0.05, 0.1) is 6.54 Å². The Hall–Kier alpha value is -0.170. The van der Waals surface area contributed by atoms with E-state index in [1.807, 2.05) is 9.24 Å². The molecule has 1 N–H and O–H groups in total. The van der Waals surface area contributed by atoms with Crippen LogP contribution < -0.4 is 5.32 Å². The van der Waals surface area contributed by atoms with E-state index in [4.69, 9.17) is 0 Å². The Morgan fingerprint density at radius 2 is 2.20 bits per heavy atom. The van der Waals surface area contributed by atoms with Gasteiger partial charge in [-0.15, -0.1) is 0 Å². The zero-order chi connectivity index (χ0) is 8.15. The van der Waals surface area contributed by atoms with Crippen LogP contribution in [0.2, 0.25) is 0 Å². The molecular weight excluding hydrogens is 152 g/mol. The molecule has 4 heteroatoms. The van der Waals surface area contributed by atoms with E-state index in [0.29, 0.717) is 0 Å². The fourth-order valence-electron chi connectivity index (χ4n) is 0.402. The number of carbonyl (C=O) groups is 1. The average Bonchev–Trinajstić information content (AvgIpc) is 1.82. The molecule has 0 radical (unpaired) electrons. The number of hydrogen-bond donors (Lipinski definition) is 1. The van der Waals surface area contributed by atoms with Gasteiger partial charge >= 0.3 is 0 Å². The molecule has 2 nitrogen and oxygen atoms in total. The lowest BCUT2D eigenvalue weighted by Crippen LogP contribution is -2.31. The molecule has 0 bridgehead atoms. The molecule has 2 atom stereocenters. The summed E-state index contributed by atoms with van der Waals surface area (Å²) in [6, 6.07) is 0. The number of halogens is 1. The summed E-state index contributed by atoms with van der Waals surface area (Å²) in [7, 11) is 1.97. The lowest BCUT2D eigenvalue weighted by atomic mass is 10.2. The van der Waals surface area contributed by atoms with Crippen LogP contribution >= 0.6 is 9.24 Å². The molecule has 0 aliphatic heterocycles. The molecule has 1 amide bonds. The van der Waals surface area contributed by atoms with Crippen molar-refractivity contribution in [1.82, 2.24) is 5.32 Å². The molecule has 0 saturated heterocycles. The Bertz CT molecular complexity index is 116. The lowest BCUT2D eigenvalue weighted by molar-refractivity contribution is -0.124. The summed E-state index contributed by atoms with van der Waals surface area (Å²) >= 11 is 0. The van der Waals surface area contributed by atoms with Crippen LogP contribution in [0.25, 0.3) is 0 Å². The summed E-state index contributed by atoms with van der Waals surface area (Å²) in [4.78, 5) is 10.8. The van der Waals surface area contributed by atoms with E-state index in [0.717, 1.165) is 0 Å². The monoisotopic (exact) mass is 165 g/mol. The van der Waals surface area contributed by atoms with Crippen molar-refractivity contribution in [2.24, 2.45) is 5.92 Å². The molecule has 0 aliphatic carbocycles. The molecule has 10 heavy (non-hydrogen) atoms. The van der Waals surface area contributed by atoms with Crippen LogP contribution in [0.4, 0.5) is 4.39 Å². The van der Waals surface area contributed by atoms with E-state index >= 15 is 0 Å². The minimum atomic E-state index is -1.04. The van der Waals surface area contributed by atoms with E-state index in [1.165, 1.54) is 0 Å². The highest BCUT2D eigenvalue weighted by molar-refractivity contribution is 7.17. The third-order valence-corrected chi connectivity index (χ3v) is 1.23. The quantitative estimate of drug-likeness (QED) is 0.619. The van der Waals surface area contributed by atoms with Crippen LogP contribution in [0.3, 0.4) is 0 Å². The van der Waals surface area contributed by atoms with Gasteiger partial charge in [0.15, 0.2) is 0 Å². The van der Waals surface area contributed by atoms with Gasteiger partial charge in [-0.05, 0) is 0 Å². The molecule has 60 valence electrons. The first-order chi connectivity index (χ1) is 4.54. The van der Waals surface area contributed by atoms with Crippen LogP contribution in [-0.2, 0) is 4.79 Å². The maximum atomic E-state index is 12.1. The normalized spacial score (nSPS) is 13.3. The predicted molar refractivity (Wildman–Crippen MR) is 42.5 cm³/mol. The molecule has 0 aromatic carbocycles. The average molecular weight is 165 g/mol. The van der Waals surface area contributed by atoms with Crippen molar-refractivity contribution in [2.75, 3.05) is 6.54 Å². The van der Waals surface area contributed by atoms with Crippen molar-refractivity contribution >= 4 is 15.1 Å². The van der Waals surface area contributed by atoms with Crippen LogP contribution in [0.15, 0.2) is 0 Å². The first-order valence-electron chi connectivity index (χ1n) is 3.21. The fourth-order valence-corrected chi connectivity index (χ4v) is 0.520. The Labute approximate surface area is 62.8 Å². The lowest BCUT2D eigenvalue weighted by Gasteiger charge is -2.06. The van der Waals surface area contributed by atoms with Crippen molar-refractivity contribution in [3.05, 3.63) is 0 Å². The molecule has 0 aromatic heterocycles. The van der Waals surface area contributed by atoms with E-state index in [2.05, 4.69) is 5.32 Å². The molecule has 0 aromatic rings. The number of rotatable bonds is 3. The van der Waals surface area contributed by atoms with E-state index in [-0.39, 0.29) is 18.4 Å². The van der Waals surface area contributed by atoms with Crippen molar-refractivity contribution in [3.63, 3.8) is 0 Å². The van der Waals surface area contributed by atoms with Gasteiger partial charge in [-0.2, -0.15) is 0 Å². The second-order valence-corrected chi connectivity index (χ2v) is 3.14. The molecular formula is C6H13FNOP. The summed E-state index contributed by atoms with van der Waals surface area (Å²) in [6.07, 6.45) is 0. The maximum absolute atomic E-state index is 12.1. The third kappa shape index (κ3) is 4.68. The first-order valence-corrected chi connectivity index (χ1v) is 3.88. The smallest absolute Gasteiger partial charge is 0.222 e. The van der Waals surface area contributed by atoms with Crippen LogP contribution in [0, 0.1) is 5.92 Å². The van der Waals surface area contributed by atoms with E-state index < -0.39 is 5.91 Å². The first kappa shape index (κ1) is 9.83. The predicted octanol–water partition coefficient (Wildman–Crippen LogP) is 0.929. The van der Waals surface area contributed by atoms with E-state index in [9.17, 15) is 9.18 Å². The summed E-state index contributed by atoms with van der Waals surface area (Å²) < 4.78 is 12.1. The maximum Gasteiger partial charge on any atom is 0.222 e. The van der Waals surface area contributed by atoms with Gasteiger partial charge in [0.2, 0.25) is 5.91 Å². The van der Waals surface area contributed by atoms with Crippen LogP contribution in [0.5, 0.6) is 0 Å². The number of hydrogen-bond acceptors (Lipinski definition) is 1. The minimum absolute atomic E-state index is 0.0660. The van der Waals surface area contributed by atoms with Gasteiger partial charge in [0.1, 0.15) is 5.91 Å². The highest BCUT2D eigenvalue weighted by Crippen LogP contribution is 1.98. The second kappa shape index (κ2) is 4.62. The molecule has 0 fully saturated rings. The Morgan fingerprint density at radius 1 is 1.70 bits per heavy atom. The van der Waals surface area contributed by atoms with Crippen molar-refractivity contribution in [1.29, 1.82) is 0 Å². The Kier molecular flexibility index (Phi) is 4.54. The topological polar surface area (TPSA) is 29.1 Å². The molecule has 0 heterocycles. The second-order valence-electron chi connectivity index (χ2n) is 2.42. The molecule has 2 unspecified atom stereocenters. The van der Waals surface area contributed by atoms with Crippen LogP contribution in [0.1, 0.15) is 13.8 Å². The van der Waals surface area contributed by atoms with Crippen molar-refractivity contribution in [2.45, 2.75) is 19.8 Å². The zero-order valence-corrected chi connectivity index (χ0v) is 7.38. The summed E-state index contributed by atoms with van der Waals surface area (Å²) in [5.74, 6) is -1.21. The van der Waals surface area contributed by atoms with Crippen LogP contribution in [-0.4, -0.2) is 18.4 Å². The van der Waals surface area contributed by atoms with E-state index in [1.54, 1.807) is 13.8 Å². The Morgan fingerprint density at radius 3 is 2.50 bits per heavy atom. The number of carbonyl (C=O) groups excluding carboxylic acids is 1. The summed E-state index contributed by atoms with van der Waals surface area (Å²) in [6.45, 7) is 3.62. The minimum Gasteiger partial charge on any atom is -0.353 e. The number of alkyl halides is 1. The number of amides is 1. The third-order valence-electron chi connectivity index (χ3n) is 0.996. The van der Waals surface area contributed by atoms with Crippen molar-refractivity contribution in [3.8, 4) is 0 Å². The SMILES string of the molecule is CC(C)C(=O)NCC(F)P.